The highest BCUT2D eigenvalue weighted by molar-refractivity contribution is 7.92. The molecule has 2 aromatic rings. The first-order valence-electron chi connectivity index (χ1n) is 7.93. The first-order valence-corrected chi connectivity index (χ1v) is 11.6. The first-order chi connectivity index (χ1) is 12.8. The van der Waals surface area contributed by atoms with Crippen molar-refractivity contribution in [2.75, 3.05) is 30.4 Å². The largest absolute Gasteiger partial charge is 0.322 e. The molecule has 0 aliphatic heterocycles. The molecule has 28 heavy (non-hydrogen) atoms. The molecule has 0 radical (unpaired) electrons. The zero-order valence-corrected chi connectivity index (χ0v) is 18.0. The summed E-state index contributed by atoms with van der Waals surface area (Å²) in [4.78, 5) is 12.6. The van der Waals surface area contributed by atoms with Gasteiger partial charge in [-0.15, -0.1) is 0 Å². The fraction of sp³-hybridized carbons (Fsp3) is 0.235. The fourth-order valence-electron chi connectivity index (χ4n) is 2.25. The highest BCUT2D eigenvalue weighted by atomic mass is 35.5. The van der Waals surface area contributed by atoms with Gasteiger partial charge >= 0.3 is 0 Å². The molecule has 0 saturated heterocycles. The van der Waals surface area contributed by atoms with Crippen LogP contribution in [-0.2, 0) is 20.0 Å². The zero-order valence-electron chi connectivity index (χ0n) is 15.6. The zero-order chi connectivity index (χ0) is 21.3. The lowest BCUT2D eigenvalue weighted by Gasteiger charge is -2.15. The van der Waals surface area contributed by atoms with E-state index in [1.54, 1.807) is 13.0 Å². The van der Waals surface area contributed by atoms with Gasteiger partial charge in [0.25, 0.3) is 5.91 Å². The van der Waals surface area contributed by atoms with Crippen LogP contribution in [0, 0.1) is 6.92 Å². The second-order valence-corrected chi connectivity index (χ2v) is 10.6. The lowest BCUT2D eigenvalue weighted by Crippen LogP contribution is -2.22. The number of amides is 1. The first kappa shape index (κ1) is 22.2. The van der Waals surface area contributed by atoms with E-state index in [1.165, 1.54) is 44.4 Å². The fourth-order valence-corrected chi connectivity index (χ4v) is 3.96. The lowest BCUT2D eigenvalue weighted by molar-refractivity contribution is 0.102. The molecule has 0 bridgehead atoms. The summed E-state index contributed by atoms with van der Waals surface area (Å²) >= 11 is 5.96. The van der Waals surface area contributed by atoms with E-state index >= 15 is 0 Å². The molecule has 2 N–H and O–H groups in total. The highest BCUT2D eigenvalue weighted by Crippen LogP contribution is 2.26. The van der Waals surface area contributed by atoms with Gasteiger partial charge < -0.3 is 5.32 Å². The monoisotopic (exact) mass is 445 g/mol. The SMILES string of the molecule is Cc1ccc(S(=O)(=O)N(C)C)cc1NC(=O)c1ccc(Cl)c(NS(C)(=O)=O)c1. The van der Waals surface area contributed by atoms with Crippen LogP contribution in [0.3, 0.4) is 0 Å². The number of sulfonamides is 2. The number of rotatable bonds is 6. The van der Waals surface area contributed by atoms with Gasteiger partial charge in [-0.1, -0.05) is 17.7 Å². The Labute approximate surface area is 169 Å². The van der Waals surface area contributed by atoms with Crippen molar-refractivity contribution in [1.82, 2.24) is 4.31 Å². The van der Waals surface area contributed by atoms with E-state index in [0.29, 0.717) is 11.3 Å². The van der Waals surface area contributed by atoms with Crippen LogP contribution in [0.25, 0.3) is 0 Å². The number of aryl methyl sites for hydroxylation is 1. The van der Waals surface area contributed by atoms with Crippen molar-refractivity contribution < 1.29 is 21.6 Å². The van der Waals surface area contributed by atoms with Gasteiger partial charge in [-0.3, -0.25) is 9.52 Å². The lowest BCUT2D eigenvalue weighted by atomic mass is 10.1. The summed E-state index contributed by atoms with van der Waals surface area (Å²) in [5.74, 6) is -0.546. The van der Waals surface area contributed by atoms with Gasteiger partial charge in [0.05, 0.1) is 21.9 Å². The second kappa shape index (κ2) is 8.08. The number of hydrogen-bond donors (Lipinski definition) is 2. The van der Waals surface area contributed by atoms with Crippen LogP contribution >= 0.6 is 11.6 Å². The maximum atomic E-state index is 12.6. The van der Waals surface area contributed by atoms with Gasteiger partial charge in [0.2, 0.25) is 20.0 Å². The van der Waals surface area contributed by atoms with E-state index in [-0.39, 0.29) is 21.2 Å². The number of carbonyl (C=O) groups is 1. The summed E-state index contributed by atoms with van der Waals surface area (Å²) in [6, 6.07) is 8.54. The number of benzene rings is 2. The van der Waals surface area contributed by atoms with Gasteiger partial charge in [0.15, 0.2) is 0 Å². The molecule has 0 aliphatic rings. The molecule has 1 amide bonds. The summed E-state index contributed by atoms with van der Waals surface area (Å²) in [6.07, 6.45) is 0.968. The van der Waals surface area contributed by atoms with Crippen LogP contribution in [0.2, 0.25) is 5.02 Å². The molecule has 0 atom stereocenters. The minimum Gasteiger partial charge on any atom is -0.322 e. The number of nitrogens with one attached hydrogen (secondary N) is 2. The van der Waals surface area contributed by atoms with Crippen molar-refractivity contribution >= 4 is 48.9 Å². The average molecular weight is 446 g/mol. The molecule has 11 heteroatoms. The predicted octanol–water partition coefficient (Wildman–Crippen LogP) is 2.52. The minimum absolute atomic E-state index is 0.0361. The molecule has 2 aromatic carbocycles. The standard InChI is InChI=1S/C17H20ClN3O5S2/c1-11-5-7-13(28(25,26)21(2)3)10-15(11)19-17(22)12-6-8-14(18)16(9-12)20-27(4,23)24/h5-10,20H,1-4H3,(H,19,22). The average Bonchev–Trinajstić information content (AvgIpc) is 2.57. The maximum absolute atomic E-state index is 12.6. The molecule has 0 aliphatic carbocycles. The van der Waals surface area contributed by atoms with Crippen molar-refractivity contribution in [3.8, 4) is 0 Å². The molecular formula is C17H20ClN3O5S2. The van der Waals surface area contributed by atoms with Crippen LogP contribution in [-0.4, -0.2) is 47.4 Å². The van der Waals surface area contributed by atoms with Gasteiger partial charge in [-0.2, -0.15) is 0 Å². The molecule has 0 unspecified atom stereocenters. The molecular weight excluding hydrogens is 426 g/mol. The van der Waals surface area contributed by atoms with E-state index in [1.807, 2.05) is 0 Å². The predicted molar refractivity (Wildman–Crippen MR) is 110 cm³/mol. The third-order valence-corrected chi connectivity index (χ3v) is 6.49. The van der Waals surface area contributed by atoms with E-state index in [2.05, 4.69) is 10.0 Å². The van der Waals surface area contributed by atoms with Gasteiger partial charge in [0, 0.05) is 25.3 Å². The topological polar surface area (TPSA) is 113 Å². The minimum atomic E-state index is -3.66. The molecule has 0 spiro atoms. The van der Waals surface area contributed by atoms with Gasteiger partial charge in [-0.25, -0.2) is 21.1 Å². The Kier molecular flexibility index (Phi) is 6.39. The van der Waals surface area contributed by atoms with Crippen molar-refractivity contribution in [3.05, 3.63) is 52.5 Å². The summed E-state index contributed by atoms with van der Waals surface area (Å²) in [5, 5.41) is 2.78. The van der Waals surface area contributed by atoms with E-state index in [4.69, 9.17) is 11.6 Å². The molecule has 0 aromatic heterocycles. The Bertz CT molecular complexity index is 1130. The van der Waals surface area contributed by atoms with E-state index in [0.717, 1.165) is 10.6 Å². The number of halogens is 1. The van der Waals surface area contributed by atoms with Crippen molar-refractivity contribution in [1.29, 1.82) is 0 Å². The van der Waals surface area contributed by atoms with Crippen LogP contribution in [0.4, 0.5) is 11.4 Å². The normalized spacial score (nSPS) is 12.1. The van der Waals surface area contributed by atoms with Gasteiger partial charge in [0.1, 0.15) is 0 Å². The third-order valence-electron chi connectivity index (χ3n) is 3.76. The van der Waals surface area contributed by atoms with Crippen molar-refractivity contribution in [2.45, 2.75) is 11.8 Å². The second-order valence-electron chi connectivity index (χ2n) is 6.29. The molecule has 2 rings (SSSR count). The molecule has 152 valence electrons. The number of nitrogens with zero attached hydrogens (tertiary/aromatic N) is 1. The summed E-state index contributed by atoms with van der Waals surface area (Å²) in [6.45, 7) is 1.72. The van der Waals surface area contributed by atoms with Gasteiger partial charge in [-0.05, 0) is 42.8 Å². The Hall–Kier alpha value is -2.14. The number of hydrogen-bond acceptors (Lipinski definition) is 5. The van der Waals surface area contributed by atoms with Crippen molar-refractivity contribution in [2.24, 2.45) is 0 Å². The number of carbonyl (C=O) groups excluding carboxylic acids is 1. The maximum Gasteiger partial charge on any atom is 0.255 e. The van der Waals surface area contributed by atoms with E-state index < -0.39 is 26.0 Å². The van der Waals surface area contributed by atoms with Crippen LogP contribution in [0.1, 0.15) is 15.9 Å². The van der Waals surface area contributed by atoms with Crippen LogP contribution in [0.15, 0.2) is 41.3 Å². The third kappa shape index (κ3) is 5.22. The smallest absolute Gasteiger partial charge is 0.255 e. The van der Waals surface area contributed by atoms with Crippen LogP contribution in [0.5, 0.6) is 0 Å². The van der Waals surface area contributed by atoms with E-state index in [9.17, 15) is 21.6 Å². The Balaban J connectivity index is 2.37. The quantitative estimate of drug-likeness (QED) is 0.709. The Morgan fingerprint density at radius 2 is 1.64 bits per heavy atom. The summed E-state index contributed by atoms with van der Waals surface area (Å²) in [7, 11) is -4.41. The van der Waals surface area contributed by atoms with Crippen LogP contribution < -0.4 is 10.0 Å². The number of anilines is 2. The highest BCUT2D eigenvalue weighted by Gasteiger charge is 2.19. The molecule has 0 saturated carbocycles. The van der Waals surface area contributed by atoms with Crippen molar-refractivity contribution in [3.63, 3.8) is 0 Å². The summed E-state index contributed by atoms with van der Waals surface area (Å²) < 4.78 is 50.8. The Morgan fingerprint density at radius 3 is 2.21 bits per heavy atom. The Morgan fingerprint density at radius 1 is 1.00 bits per heavy atom. The molecule has 8 nitrogen and oxygen atoms in total. The molecule has 0 fully saturated rings. The molecule has 0 heterocycles. The summed E-state index contributed by atoms with van der Waals surface area (Å²) in [5.41, 5.74) is 1.20.